The number of aliphatic carboxylic acids is 1. The second-order valence-corrected chi connectivity index (χ2v) is 9.00. The molecule has 2 aromatic carbocycles. The highest BCUT2D eigenvalue weighted by molar-refractivity contribution is 5.85. The van der Waals surface area contributed by atoms with E-state index in [1.165, 1.54) is 18.5 Å². The molecule has 0 aromatic heterocycles. The molecule has 2 saturated heterocycles. The lowest BCUT2D eigenvalue weighted by Gasteiger charge is -2.41. The van der Waals surface area contributed by atoms with Gasteiger partial charge in [0.25, 0.3) is 0 Å². The predicted octanol–water partition coefficient (Wildman–Crippen LogP) is 1.92. The number of piperazine rings is 1. The number of carbonyl (C=O) groups is 2. The van der Waals surface area contributed by atoms with Crippen LogP contribution in [-0.4, -0.2) is 73.2 Å². The van der Waals surface area contributed by atoms with Gasteiger partial charge in [-0.05, 0) is 49.2 Å². The number of carboxylic acids is 1. The summed E-state index contributed by atoms with van der Waals surface area (Å²) in [6.07, 6.45) is 2.92. The first-order chi connectivity index (χ1) is 16.1. The molecule has 0 spiro atoms. The third-order valence-corrected chi connectivity index (χ3v) is 6.72. The van der Waals surface area contributed by atoms with Crippen LogP contribution in [0.15, 0.2) is 54.6 Å². The van der Waals surface area contributed by atoms with E-state index in [0.717, 1.165) is 50.4 Å². The first-order valence-electron chi connectivity index (χ1n) is 11.9. The lowest BCUT2D eigenvalue weighted by atomic mass is 10.0. The lowest BCUT2D eigenvalue weighted by molar-refractivity contribution is -0.141. The third kappa shape index (κ3) is 6.55. The molecule has 1 atom stereocenters. The van der Waals surface area contributed by atoms with Gasteiger partial charge in [-0.2, -0.15) is 0 Å². The molecule has 0 unspecified atom stereocenters. The zero-order valence-corrected chi connectivity index (χ0v) is 19.1. The van der Waals surface area contributed by atoms with E-state index in [1.54, 1.807) is 0 Å². The van der Waals surface area contributed by atoms with Gasteiger partial charge in [0.1, 0.15) is 6.04 Å². The number of hydrogen-bond acceptors (Lipinski definition) is 5. The molecule has 0 bridgehead atoms. The van der Waals surface area contributed by atoms with Gasteiger partial charge in [-0.3, -0.25) is 9.69 Å². The summed E-state index contributed by atoms with van der Waals surface area (Å²) in [4.78, 5) is 29.1. The molecule has 2 heterocycles. The van der Waals surface area contributed by atoms with E-state index >= 15 is 0 Å². The summed E-state index contributed by atoms with van der Waals surface area (Å²) in [5.41, 5.74) is 2.94. The summed E-state index contributed by atoms with van der Waals surface area (Å²) in [5, 5.41) is 15.6. The average Bonchev–Trinajstić information content (AvgIpc) is 2.85. The summed E-state index contributed by atoms with van der Waals surface area (Å²) in [7, 11) is 0. The molecule has 2 fully saturated rings. The number of piperidine rings is 1. The van der Waals surface area contributed by atoms with Crippen molar-refractivity contribution in [2.45, 2.75) is 37.8 Å². The van der Waals surface area contributed by atoms with Crippen LogP contribution in [0.2, 0.25) is 0 Å². The van der Waals surface area contributed by atoms with Crippen LogP contribution in [0.4, 0.5) is 5.69 Å². The highest BCUT2D eigenvalue weighted by Gasteiger charge is 2.25. The van der Waals surface area contributed by atoms with Crippen LogP contribution >= 0.6 is 0 Å². The number of nitrogens with one attached hydrogen (secondary N) is 2. The maximum atomic E-state index is 12.5. The minimum absolute atomic E-state index is 0.169. The number of amides is 1. The van der Waals surface area contributed by atoms with E-state index in [0.29, 0.717) is 6.04 Å². The normalized spacial score (nSPS) is 18.6. The number of anilines is 1. The summed E-state index contributed by atoms with van der Waals surface area (Å²) < 4.78 is 0. The SMILES string of the molecule is O=C(Cc1ccc(N2CCN(C3CCNCC3)CC2)cc1)N[C@H](Cc1ccccc1)C(=O)O. The van der Waals surface area contributed by atoms with Crippen molar-refractivity contribution in [2.24, 2.45) is 0 Å². The van der Waals surface area contributed by atoms with Gasteiger partial charge in [-0.25, -0.2) is 4.79 Å². The van der Waals surface area contributed by atoms with Crippen LogP contribution in [0.3, 0.4) is 0 Å². The number of nitrogens with zero attached hydrogens (tertiary/aromatic N) is 2. The Balaban J connectivity index is 1.26. The smallest absolute Gasteiger partial charge is 0.326 e. The topological polar surface area (TPSA) is 84.9 Å². The van der Waals surface area contributed by atoms with Crippen molar-refractivity contribution in [3.05, 3.63) is 65.7 Å². The zero-order chi connectivity index (χ0) is 23.0. The Hall–Kier alpha value is -2.90. The monoisotopic (exact) mass is 450 g/mol. The first kappa shape index (κ1) is 23.3. The summed E-state index contributed by atoms with van der Waals surface area (Å²) >= 11 is 0. The molecule has 0 aliphatic carbocycles. The van der Waals surface area contributed by atoms with Crippen LogP contribution in [0, 0.1) is 0 Å². The maximum absolute atomic E-state index is 12.5. The molecule has 33 heavy (non-hydrogen) atoms. The molecule has 0 saturated carbocycles. The van der Waals surface area contributed by atoms with Crippen molar-refractivity contribution in [1.82, 2.24) is 15.5 Å². The van der Waals surface area contributed by atoms with Gasteiger partial charge in [0.15, 0.2) is 0 Å². The summed E-state index contributed by atoms with van der Waals surface area (Å²) in [6.45, 7) is 6.46. The Morgan fingerprint density at radius 2 is 1.61 bits per heavy atom. The third-order valence-electron chi connectivity index (χ3n) is 6.72. The Labute approximate surface area is 195 Å². The minimum Gasteiger partial charge on any atom is -0.480 e. The predicted molar refractivity (Wildman–Crippen MR) is 130 cm³/mol. The van der Waals surface area contributed by atoms with Gasteiger partial charge in [0.05, 0.1) is 6.42 Å². The Morgan fingerprint density at radius 1 is 0.939 bits per heavy atom. The molecule has 0 radical (unpaired) electrons. The highest BCUT2D eigenvalue weighted by atomic mass is 16.4. The van der Waals surface area contributed by atoms with Crippen LogP contribution in [0.1, 0.15) is 24.0 Å². The quantitative estimate of drug-likeness (QED) is 0.570. The zero-order valence-electron chi connectivity index (χ0n) is 19.1. The van der Waals surface area contributed by atoms with Crippen molar-refractivity contribution < 1.29 is 14.7 Å². The molecule has 2 aliphatic rings. The highest BCUT2D eigenvalue weighted by Crippen LogP contribution is 2.20. The standard InChI is InChI=1S/C26H34N4O3/c31-25(28-24(26(32)33)18-20-4-2-1-3-5-20)19-21-6-8-22(9-7-21)29-14-16-30(17-15-29)23-10-12-27-13-11-23/h1-9,23-24,27H,10-19H2,(H,28,31)(H,32,33)/t24-/m1/s1. The largest absolute Gasteiger partial charge is 0.480 e. The van der Waals surface area contributed by atoms with E-state index in [9.17, 15) is 14.7 Å². The van der Waals surface area contributed by atoms with Crippen LogP contribution in [-0.2, 0) is 22.4 Å². The molecular weight excluding hydrogens is 416 g/mol. The van der Waals surface area contributed by atoms with Gasteiger partial charge < -0.3 is 20.6 Å². The molecule has 4 rings (SSSR count). The van der Waals surface area contributed by atoms with Crippen LogP contribution in [0.5, 0.6) is 0 Å². The van der Waals surface area contributed by atoms with Crippen molar-refractivity contribution in [1.29, 1.82) is 0 Å². The van der Waals surface area contributed by atoms with Crippen molar-refractivity contribution in [3.63, 3.8) is 0 Å². The van der Waals surface area contributed by atoms with Crippen molar-refractivity contribution >= 4 is 17.6 Å². The van der Waals surface area contributed by atoms with Gasteiger partial charge in [-0.1, -0.05) is 42.5 Å². The fourth-order valence-corrected chi connectivity index (χ4v) is 4.82. The second-order valence-electron chi connectivity index (χ2n) is 9.00. The van der Waals surface area contributed by atoms with Gasteiger partial charge in [0.2, 0.25) is 5.91 Å². The molecule has 2 aliphatic heterocycles. The first-order valence-corrected chi connectivity index (χ1v) is 11.9. The van der Waals surface area contributed by atoms with Crippen molar-refractivity contribution in [2.75, 3.05) is 44.2 Å². The molecule has 7 heteroatoms. The van der Waals surface area contributed by atoms with Crippen molar-refractivity contribution in [3.8, 4) is 0 Å². The lowest BCUT2D eigenvalue weighted by Crippen LogP contribution is -2.52. The molecule has 7 nitrogen and oxygen atoms in total. The average molecular weight is 451 g/mol. The molecule has 1 amide bonds. The van der Waals surface area contributed by atoms with Crippen LogP contribution < -0.4 is 15.5 Å². The number of rotatable bonds is 8. The van der Waals surface area contributed by atoms with Gasteiger partial charge >= 0.3 is 5.97 Å². The Kier molecular flexibility index (Phi) is 7.96. The minimum atomic E-state index is -1.02. The number of carbonyl (C=O) groups excluding carboxylic acids is 1. The summed E-state index contributed by atoms with van der Waals surface area (Å²) in [6, 6.07) is 17.2. The maximum Gasteiger partial charge on any atom is 0.326 e. The second kappa shape index (κ2) is 11.3. The summed E-state index contributed by atoms with van der Waals surface area (Å²) in [5.74, 6) is -1.30. The van der Waals surface area contributed by atoms with E-state index in [2.05, 4.69) is 32.6 Å². The van der Waals surface area contributed by atoms with E-state index in [-0.39, 0.29) is 18.7 Å². The molecular formula is C26H34N4O3. The van der Waals surface area contributed by atoms with Gasteiger partial charge in [-0.15, -0.1) is 0 Å². The Morgan fingerprint density at radius 3 is 2.24 bits per heavy atom. The van der Waals surface area contributed by atoms with Gasteiger partial charge in [0, 0.05) is 44.3 Å². The molecule has 3 N–H and O–H groups in total. The fraction of sp³-hybridized carbons (Fsp3) is 0.462. The molecule has 176 valence electrons. The van der Waals surface area contributed by atoms with E-state index < -0.39 is 12.0 Å². The number of carboxylic acid groups (broad SMARTS) is 1. The van der Waals surface area contributed by atoms with E-state index in [4.69, 9.17) is 0 Å². The fourth-order valence-electron chi connectivity index (χ4n) is 4.82. The number of hydrogen-bond donors (Lipinski definition) is 3. The number of benzene rings is 2. The van der Waals surface area contributed by atoms with Crippen LogP contribution in [0.25, 0.3) is 0 Å². The van der Waals surface area contributed by atoms with E-state index in [1.807, 2.05) is 42.5 Å². The Bertz CT molecular complexity index is 905. The molecule has 2 aromatic rings.